The topological polar surface area (TPSA) is 359 Å². The number of nitrogens with one attached hydrogen (secondary N) is 4. The summed E-state index contributed by atoms with van der Waals surface area (Å²) in [5.41, 5.74) is 22.1. The Kier molecular flexibility index (Phi) is 37.7. The molecule has 7 atom stereocenters. The van der Waals surface area contributed by atoms with Gasteiger partial charge in [-0.05, 0) is 84.6 Å². The Balaban J connectivity index is 6.25. The lowest BCUT2D eigenvalue weighted by molar-refractivity contribution is -0.139. The molecule has 0 saturated carbocycles. The number of primary amides is 1. The van der Waals surface area contributed by atoms with Crippen molar-refractivity contribution in [2.24, 2.45) is 51.6 Å². The van der Waals surface area contributed by atoms with E-state index in [-0.39, 0.29) is 74.7 Å². The van der Waals surface area contributed by atoms with Crippen molar-refractivity contribution in [1.29, 1.82) is 0 Å². The second-order valence-electron chi connectivity index (χ2n) is 20.6. The summed E-state index contributed by atoms with van der Waals surface area (Å²) in [6, 6.07) is -4.06. The first-order valence-corrected chi connectivity index (χ1v) is 27.2. The SMILES string of the molecule is CCCCCCCCCCCCCCCC(=O)N[C@@H](CCCCN)C(=O)C[C@@H](CC(C)C)C(=O)N[C@@H](CCCN=C(N)N)C(=O)C[C@@H](CCC(=O)O)C(=O)N[C@H](C(=O)C[C@@H](CC(N)=O)C(=O)NC(C)C)[C@@H](C)O. The second kappa shape index (κ2) is 40.4. The minimum atomic E-state index is -1.62. The van der Waals surface area contributed by atoms with Crippen LogP contribution in [0.25, 0.3) is 0 Å². The van der Waals surface area contributed by atoms with Crippen LogP contribution in [0.15, 0.2) is 4.99 Å². The van der Waals surface area contributed by atoms with E-state index in [2.05, 4.69) is 33.2 Å². The number of carboxylic acid groups (broad SMARTS) is 1. The molecule has 73 heavy (non-hydrogen) atoms. The third kappa shape index (κ3) is 34.2. The number of hydrogen-bond donors (Lipinski definition) is 10. The third-order valence-electron chi connectivity index (χ3n) is 12.8. The summed E-state index contributed by atoms with van der Waals surface area (Å²) in [7, 11) is 0. The fraction of sp³-hybridized carbons (Fsp3) is 0.811. The van der Waals surface area contributed by atoms with Crippen molar-refractivity contribution in [2.45, 2.75) is 239 Å². The van der Waals surface area contributed by atoms with E-state index in [1.165, 1.54) is 64.7 Å². The molecule has 0 spiro atoms. The number of aliphatic hydroxyl groups excluding tert-OH is 1. The molecule has 0 aliphatic rings. The smallest absolute Gasteiger partial charge is 0.303 e. The van der Waals surface area contributed by atoms with Crippen LogP contribution in [0.5, 0.6) is 0 Å². The molecule has 0 saturated heterocycles. The molecule has 0 aromatic carbocycles. The van der Waals surface area contributed by atoms with Gasteiger partial charge in [-0.1, -0.05) is 97.8 Å². The van der Waals surface area contributed by atoms with Crippen LogP contribution < -0.4 is 44.2 Å². The van der Waals surface area contributed by atoms with Gasteiger partial charge in [-0.15, -0.1) is 0 Å². The lowest BCUT2D eigenvalue weighted by atomic mass is 9.87. The molecule has 0 rings (SSSR count). The van der Waals surface area contributed by atoms with Crippen LogP contribution in [0, 0.1) is 23.7 Å². The van der Waals surface area contributed by atoms with Gasteiger partial charge in [0, 0.05) is 62.9 Å². The molecule has 0 unspecified atom stereocenters. The normalized spacial score (nSPS) is 14.2. The summed E-state index contributed by atoms with van der Waals surface area (Å²) in [6.07, 6.45) is 13.1. The predicted octanol–water partition coefficient (Wildman–Crippen LogP) is 4.52. The Hall–Kier alpha value is -4.98. The number of rotatable bonds is 46. The number of aliphatic carboxylic acids is 1. The van der Waals surface area contributed by atoms with E-state index in [4.69, 9.17) is 22.9 Å². The van der Waals surface area contributed by atoms with Crippen LogP contribution in [0.1, 0.15) is 208 Å². The van der Waals surface area contributed by atoms with Gasteiger partial charge < -0.3 is 54.4 Å². The van der Waals surface area contributed by atoms with E-state index in [0.717, 1.165) is 19.3 Å². The highest BCUT2D eigenvalue weighted by atomic mass is 16.4. The average molecular weight is 1040 g/mol. The van der Waals surface area contributed by atoms with Gasteiger partial charge in [-0.25, -0.2) is 0 Å². The molecule has 0 aliphatic carbocycles. The van der Waals surface area contributed by atoms with Crippen LogP contribution in [0.4, 0.5) is 0 Å². The van der Waals surface area contributed by atoms with Crippen molar-refractivity contribution in [3.8, 4) is 0 Å². The lowest BCUT2D eigenvalue weighted by Crippen LogP contribution is -2.51. The summed E-state index contributed by atoms with van der Waals surface area (Å²) in [5, 5.41) is 31.0. The maximum absolute atomic E-state index is 14.3. The number of nitrogens with zero attached hydrogens (tertiary/aromatic N) is 1. The highest BCUT2D eigenvalue weighted by Gasteiger charge is 2.36. The fourth-order valence-corrected chi connectivity index (χ4v) is 8.74. The van der Waals surface area contributed by atoms with Crippen LogP contribution in [-0.2, 0) is 43.2 Å². The van der Waals surface area contributed by atoms with Gasteiger partial charge in [0.25, 0.3) is 0 Å². The molecule has 5 amide bonds. The summed E-state index contributed by atoms with van der Waals surface area (Å²) >= 11 is 0. The number of ketones is 3. The van der Waals surface area contributed by atoms with Gasteiger partial charge in [-0.3, -0.25) is 48.1 Å². The molecule has 0 fully saturated rings. The lowest BCUT2D eigenvalue weighted by Gasteiger charge is -2.27. The maximum atomic E-state index is 14.3. The molecular formula is C53H97N9O11. The van der Waals surface area contributed by atoms with Gasteiger partial charge >= 0.3 is 5.97 Å². The van der Waals surface area contributed by atoms with Crippen molar-refractivity contribution < 1.29 is 53.4 Å². The molecule has 0 aliphatic heterocycles. The molecule has 20 heteroatoms. The van der Waals surface area contributed by atoms with Crippen molar-refractivity contribution in [2.75, 3.05) is 13.1 Å². The quantitative estimate of drug-likeness (QED) is 0.0228. The molecule has 14 N–H and O–H groups in total. The van der Waals surface area contributed by atoms with E-state index >= 15 is 0 Å². The van der Waals surface area contributed by atoms with E-state index in [1.807, 2.05) is 13.8 Å². The molecule has 20 nitrogen and oxygen atoms in total. The van der Waals surface area contributed by atoms with Crippen molar-refractivity contribution in [1.82, 2.24) is 21.3 Å². The average Bonchev–Trinajstić information content (AvgIpc) is 3.30. The molecular weight excluding hydrogens is 939 g/mol. The monoisotopic (exact) mass is 1040 g/mol. The van der Waals surface area contributed by atoms with E-state index < -0.39 is 109 Å². The fourth-order valence-electron chi connectivity index (χ4n) is 8.74. The van der Waals surface area contributed by atoms with Gasteiger partial charge in [-0.2, -0.15) is 0 Å². The van der Waals surface area contributed by atoms with Gasteiger partial charge in [0.05, 0.1) is 24.1 Å². The molecule has 420 valence electrons. The maximum Gasteiger partial charge on any atom is 0.303 e. The summed E-state index contributed by atoms with van der Waals surface area (Å²) in [5.74, 6) is -10.1. The Bertz CT molecular complexity index is 1700. The molecule has 0 radical (unpaired) electrons. The highest BCUT2D eigenvalue weighted by molar-refractivity contribution is 5.97. The first-order valence-electron chi connectivity index (χ1n) is 27.2. The number of Topliss-reactive ketones (excluding diaryl/α,β-unsaturated/α-hetero) is 3. The number of guanidine groups is 1. The standard InChI is InChI=1S/C53H97N9O11/c1-7-8-9-10-11-12-13-14-15-16-17-18-19-25-47(68)60-41(23-20-21-28-54)44(65)32-39(30-35(2)3)52(73)61-42(24-22-29-58-53(56)57)43(64)31-38(26-27-48(69)70)50(71)62-49(37(6)63)45(66)33-40(34-46(55)67)51(72)59-36(4)5/h35-42,49,63H,7-34,54H2,1-6H3,(H2,55,67)(H,59,72)(H,60,68)(H,61,73)(H,62,71)(H,69,70)(H4,56,57,58)/t37-,38-,39-,40+,41+,42+,49+/m1/s1. The Morgan fingerprint density at radius 1 is 0.521 bits per heavy atom. The number of carboxylic acids is 1. The van der Waals surface area contributed by atoms with Crippen molar-refractivity contribution in [3.05, 3.63) is 0 Å². The number of aliphatic hydroxyl groups is 1. The highest BCUT2D eigenvalue weighted by Crippen LogP contribution is 2.22. The summed E-state index contributed by atoms with van der Waals surface area (Å²) in [6.45, 7) is 11.0. The van der Waals surface area contributed by atoms with Gasteiger partial charge in [0.15, 0.2) is 23.3 Å². The van der Waals surface area contributed by atoms with Crippen molar-refractivity contribution in [3.63, 3.8) is 0 Å². The zero-order valence-corrected chi connectivity index (χ0v) is 45.3. The van der Waals surface area contributed by atoms with E-state index in [1.54, 1.807) is 13.8 Å². The number of unbranched alkanes of at least 4 members (excludes halogenated alkanes) is 13. The third-order valence-corrected chi connectivity index (χ3v) is 12.8. The number of carbonyl (C=O) groups excluding carboxylic acids is 8. The summed E-state index contributed by atoms with van der Waals surface area (Å²) in [4.78, 5) is 124. The molecule has 0 bridgehead atoms. The van der Waals surface area contributed by atoms with E-state index in [0.29, 0.717) is 32.2 Å². The Labute approximate surface area is 435 Å². The predicted molar refractivity (Wildman–Crippen MR) is 283 cm³/mol. The van der Waals surface area contributed by atoms with Crippen LogP contribution in [-0.4, -0.2) is 112 Å². The Morgan fingerprint density at radius 3 is 1.51 bits per heavy atom. The first-order chi connectivity index (χ1) is 34.5. The number of aliphatic imine (C=N–C) groups is 1. The zero-order valence-electron chi connectivity index (χ0n) is 45.3. The minimum Gasteiger partial charge on any atom is -0.481 e. The number of hydrogen-bond acceptors (Lipinski definition) is 12. The number of carbonyl (C=O) groups is 9. The number of nitrogens with two attached hydrogens (primary N) is 4. The number of amides is 5. The molecule has 0 aromatic heterocycles. The largest absolute Gasteiger partial charge is 0.481 e. The van der Waals surface area contributed by atoms with Crippen LogP contribution in [0.3, 0.4) is 0 Å². The van der Waals surface area contributed by atoms with Crippen LogP contribution >= 0.6 is 0 Å². The molecule has 0 aromatic rings. The van der Waals surface area contributed by atoms with E-state index in [9.17, 15) is 53.4 Å². The first kappa shape index (κ1) is 68.0. The molecule has 0 heterocycles. The zero-order chi connectivity index (χ0) is 55.3. The second-order valence-corrected chi connectivity index (χ2v) is 20.6. The van der Waals surface area contributed by atoms with Gasteiger partial charge in [0.1, 0.15) is 6.04 Å². The van der Waals surface area contributed by atoms with Crippen molar-refractivity contribution >= 4 is 58.8 Å². The Morgan fingerprint density at radius 2 is 1.01 bits per heavy atom. The summed E-state index contributed by atoms with van der Waals surface area (Å²) < 4.78 is 0. The van der Waals surface area contributed by atoms with Gasteiger partial charge in [0.2, 0.25) is 29.5 Å². The minimum absolute atomic E-state index is 0.0115. The van der Waals surface area contributed by atoms with Crippen LogP contribution in [0.2, 0.25) is 0 Å².